The molecule has 39 heavy (non-hydrogen) atoms. The van der Waals surface area contributed by atoms with Crippen LogP contribution in [0.4, 0.5) is 0 Å². The van der Waals surface area contributed by atoms with Crippen LogP contribution in [0.25, 0.3) is 57.2 Å². The smallest absolute Gasteiger partial charge is 0.179 e. The summed E-state index contributed by atoms with van der Waals surface area (Å²) in [6, 6.07) is 19.9. The molecule has 0 radical (unpaired) electrons. The minimum absolute atomic E-state index is 0. The fraction of sp³-hybridized carbons (Fsp3) is 0.133. The molecule has 5 heterocycles. The number of rotatable bonds is 5. The number of H-pyrrole nitrogens is 1. The number of fused-ring (bicyclic) bond motifs is 8. The highest BCUT2D eigenvalue weighted by Crippen LogP contribution is 2.45. The highest BCUT2D eigenvalue weighted by atomic mass is 35.5. The first-order valence-electron chi connectivity index (χ1n) is 12.1. The van der Waals surface area contributed by atoms with Gasteiger partial charge in [0.05, 0.1) is 49.5 Å². The Morgan fingerprint density at radius 2 is 1.38 bits per heavy atom. The molecule has 198 valence electrons. The average molecular weight is 543 g/mol. The van der Waals surface area contributed by atoms with Gasteiger partial charge in [-0.2, -0.15) is 4.73 Å². The number of ether oxygens (including phenoxy) is 3. The lowest BCUT2D eigenvalue weighted by atomic mass is 10.1. The second-order valence-corrected chi connectivity index (χ2v) is 8.71. The average Bonchev–Trinajstić information content (AvgIpc) is 3.72. The summed E-state index contributed by atoms with van der Waals surface area (Å²) in [6.45, 7) is 0. The van der Waals surface area contributed by atoms with Crippen molar-refractivity contribution >= 4 is 58.5 Å². The van der Waals surface area contributed by atoms with E-state index in [9.17, 15) is 0 Å². The Balaban J connectivity index is 0.00000308. The predicted octanol–water partition coefficient (Wildman–Crippen LogP) is 6.27. The third-order valence-corrected chi connectivity index (χ3v) is 6.48. The van der Waals surface area contributed by atoms with E-state index in [2.05, 4.69) is 4.98 Å². The Morgan fingerprint density at radius 1 is 0.718 bits per heavy atom. The molecule has 1 aromatic carbocycles. The maximum Gasteiger partial charge on any atom is 0.179 e. The van der Waals surface area contributed by atoms with Gasteiger partial charge in [-0.15, -0.1) is 12.4 Å². The highest BCUT2D eigenvalue weighted by Gasteiger charge is 2.27. The van der Waals surface area contributed by atoms with Crippen molar-refractivity contribution in [3.63, 3.8) is 0 Å². The zero-order valence-corrected chi connectivity index (χ0v) is 22.7. The van der Waals surface area contributed by atoms with Crippen molar-refractivity contribution in [3.8, 4) is 22.6 Å². The molecule has 8 nitrogen and oxygen atoms in total. The lowest BCUT2D eigenvalue weighted by Crippen LogP contribution is -2.06. The van der Waals surface area contributed by atoms with E-state index in [4.69, 9.17) is 29.0 Å². The van der Waals surface area contributed by atoms with E-state index in [0.29, 0.717) is 34.2 Å². The van der Waals surface area contributed by atoms with Crippen molar-refractivity contribution in [2.45, 2.75) is 0 Å². The van der Waals surface area contributed by atoms with Crippen LogP contribution in [0.2, 0.25) is 0 Å². The van der Waals surface area contributed by atoms with Gasteiger partial charge >= 0.3 is 0 Å². The Hall–Kier alpha value is -4.69. The van der Waals surface area contributed by atoms with Gasteiger partial charge in [-0.25, -0.2) is 9.97 Å². The van der Waals surface area contributed by atoms with Gasteiger partial charge in [0.25, 0.3) is 0 Å². The van der Waals surface area contributed by atoms with Gasteiger partial charge in [0.2, 0.25) is 0 Å². The third-order valence-electron chi connectivity index (χ3n) is 6.48. The number of nitrogens with zero attached hydrogens (tertiary/aromatic N) is 3. The van der Waals surface area contributed by atoms with Crippen molar-refractivity contribution in [2.24, 2.45) is 0 Å². The van der Waals surface area contributed by atoms with Crippen LogP contribution in [-0.4, -0.2) is 48.1 Å². The first-order valence-corrected chi connectivity index (χ1v) is 12.1. The molecule has 0 atom stereocenters. The molecule has 3 aromatic heterocycles. The molecule has 1 N–H and O–H groups in total. The summed E-state index contributed by atoms with van der Waals surface area (Å²) in [5.74, 6) is 1.59. The topological polar surface area (TPSA) is 83.4 Å². The van der Waals surface area contributed by atoms with Crippen molar-refractivity contribution in [1.29, 1.82) is 0 Å². The molecule has 2 aliphatic rings. The highest BCUT2D eigenvalue weighted by molar-refractivity contribution is 5.98. The van der Waals surface area contributed by atoms with E-state index in [1.165, 1.54) is 0 Å². The zero-order chi connectivity index (χ0) is 26.2. The van der Waals surface area contributed by atoms with Crippen LogP contribution < -0.4 is 14.3 Å². The number of hydrogen-bond donors (Lipinski definition) is 1. The van der Waals surface area contributed by atoms with Crippen LogP contribution in [0.15, 0.2) is 60.7 Å². The summed E-state index contributed by atoms with van der Waals surface area (Å²) in [7, 11) is 6.45. The second kappa shape index (κ2) is 10.6. The summed E-state index contributed by atoms with van der Waals surface area (Å²) in [5.41, 5.74) is 7.79. The summed E-state index contributed by atoms with van der Waals surface area (Å²) in [6.07, 6.45) is 5.83. The molecule has 0 aliphatic carbocycles. The van der Waals surface area contributed by atoms with Gasteiger partial charge in [-0.05, 0) is 48.0 Å². The van der Waals surface area contributed by atoms with E-state index < -0.39 is 0 Å². The number of hydrogen-bond acceptors (Lipinski definition) is 6. The van der Waals surface area contributed by atoms with Crippen LogP contribution in [0.1, 0.15) is 22.8 Å². The fourth-order valence-electron chi connectivity index (χ4n) is 4.88. The molecule has 8 bridgehead atoms. The van der Waals surface area contributed by atoms with Gasteiger partial charge in [0, 0.05) is 17.1 Å². The second-order valence-electron chi connectivity index (χ2n) is 8.71. The summed E-state index contributed by atoms with van der Waals surface area (Å²) in [5, 5.41) is 0. The fourth-order valence-corrected chi connectivity index (χ4v) is 4.88. The number of aromatic nitrogens is 4. The lowest BCUT2D eigenvalue weighted by Gasteiger charge is -2.10. The first kappa shape index (κ1) is 25.9. The molecule has 6 rings (SSSR count). The molecule has 0 spiro atoms. The Labute approximate surface area is 231 Å². The van der Waals surface area contributed by atoms with Crippen LogP contribution in [0, 0.1) is 0 Å². The minimum atomic E-state index is 0. The number of nitrogens with one attached hydrogen (secondary N) is 1. The molecule has 0 fully saturated rings. The molecular weight excluding hydrogens is 516 g/mol. The van der Waals surface area contributed by atoms with E-state index in [-0.39, 0.29) is 12.4 Å². The predicted molar refractivity (Wildman–Crippen MR) is 157 cm³/mol. The Bertz CT molecular complexity index is 1770. The molecule has 0 unspecified atom stereocenters. The summed E-state index contributed by atoms with van der Waals surface area (Å²) < 4.78 is 19.5. The molecular formula is C30H27ClN4O4. The molecule has 0 saturated carbocycles. The van der Waals surface area contributed by atoms with Crippen molar-refractivity contribution in [2.75, 3.05) is 28.4 Å². The van der Waals surface area contributed by atoms with Crippen LogP contribution >= 0.6 is 12.4 Å². The first-order chi connectivity index (χ1) is 18.6. The Morgan fingerprint density at radius 3 is 2.03 bits per heavy atom. The van der Waals surface area contributed by atoms with E-state index in [1.807, 2.05) is 78.9 Å². The SMILES string of the molecule is COC1=Cc2cc3ccc(cc4nc(cc5c(-c6ccccc6)c(OC)c(c(OC)c1n2)n5OC)C=C4)[nH]3.Cl. The van der Waals surface area contributed by atoms with Gasteiger partial charge in [0.15, 0.2) is 28.5 Å². The number of aromatic amines is 1. The minimum Gasteiger partial charge on any atom is -0.494 e. The molecule has 4 aromatic rings. The largest absolute Gasteiger partial charge is 0.494 e. The summed E-state index contributed by atoms with van der Waals surface area (Å²) in [4.78, 5) is 19.1. The monoisotopic (exact) mass is 542 g/mol. The molecule has 0 saturated heterocycles. The summed E-state index contributed by atoms with van der Waals surface area (Å²) >= 11 is 0. The molecule has 9 heteroatoms. The Kier molecular flexibility index (Phi) is 7.04. The molecule has 0 amide bonds. The lowest BCUT2D eigenvalue weighted by molar-refractivity contribution is 0.187. The van der Waals surface area contributed by atoms with Crippen LogP contribution in [0.5, 0.6) is 11.5 Å². The van der Waals surface area contributed by atoms with Crippen molar-refractivity contribution in [3.05, 3.63) is 83.4 Å². The van der Waals surface area contributed by atoms with E-state index in [0.717, 1.165) is 39.1 Å². The quantitative estimate of drug-likeness (QED) is 0.282. The van der Waals surface area contributed by atoms with E-state index >= 15 is 0 Å². The van der Waals surface area contributed by atoms with E-state index in [1.54, 1.807) is 33.2 Å². The van der Waals surface area contributed by atoms with Gasteiger partial charge in [-0.1, -0.05) is 30.3 Å². The molecule has 2 aliphatic heterocycles. The maximum absolute atomic E-state index is 6.05. The van der Waals surface area contributed by atoms with Crippen LogP contribution in [0.3, 0.4) is 0 Å². The number of halogens is 1. The normalized spacial score (nSPS) is 11.9. The van der Waals surface area contributed by atoms with Gasteiger partial charge in [0.1, 0.15) is 7.11 Å². The van der Waals surface area contributed by atoms with Gasteiger partial charge < -0.3 is 24.0 Å². The van der Waals surface area contributed by atoms with Crippen molar-refractivity contribution < 1.29 is 19.0 Å². The zero-order valence-electron chi connectivity index (χ0n) is 21.9. The standard InChI is InChI=1S/C30H26N4O4.ClH/c1-35-25-17-23-15-21-11-10-19(31-21)14-20-12-13-22(32-20)16-24-26(18-8-6-5-7-9-18)29(36-2)28(34(24)38-4)30(37-3)27(25)33-23;/h5-17,31H,1-4H3;1H. The van der Waals surface area contributed by atoms with Crippen molar-refractivity contribution in [1.82, 2.24) is 19.7 Å². The number of benzene rings is 1. The van der Waals surface area contributed by atoms with Gasteiger partial charge in [-0.3, -0.25) is 0 Å². The number of methoxy groups -OCH3 is 3. The third kappa shape index (κ3) is 4.49. The van der Waals surface area contributed by atoms with Crippen LogP contribution in [-0.2, 0) is 4.74 Å². The maximum atomic E-state index is 6.05.